The molecule has 0 unspecified atom stereocenters. The van der Waals surface area contributed by atoms with Crippen molar-refractivity contribution >= 4 is 0 Å². The van der Waals surface area contributed by atoms with Crippen LogP contribution in [-0.4, -0.2) is 0 Å². The zero-order chi connectivity index (χ0) is 9.97. The van der Waals surface area contributed by atoms with E-state index in [2.05, 4.69) is 37.3 Å². The van der Waals surface area contributed by atoms with Gasteiger partial charge in [0.05, 0.1) is 5.56 Å². The van der Waals surface area contributed by atoms with E-state index in [-0.39, 0.29) is 0 Å². The molecule has 1 heteroatoms. The quantitative estimate of drug-likeness (QED) is 0.614. The molecule has 0 bridgehead atoms. The van der Waals surface area contributed by atoms with Gasteiger partial charge in [0.15, 0.2) is 0 Å². The molecule has 0 saturated heterocycles. The molecule has 0 saturated carbocycles. The van der Waals surface area contributed by atoms with Crippen molar-refractivity contribution < 1.29 is 4.42 Å². The van der Waals surface area contributed by atoms with E-state index >= 15 is 0 Å². The maximum atomic E-state index is 5.48. The second-order valence-corrected chi connectivity index (χ2v) is 3.54. The van der Waals surface area contributed by atoms with Crippen LogP contribution in [0.5, 0.6) is 0 Å². The molecule has 1 nitrogen and oxygen atoms in total. The van der Waals surface area contributed by atoms with Crippen LogP contribution in [0, 0.1) is 13.8 Å². The summed E-state index contributed by atoms with van der Waals surface area (Å²) in [5.41, 5.74) is 3.53. The Kier molecular flexibility index (Phi) is 2.32. The van der Waals surface area contributed by atoms with Gasteiger partial charge < -0.3 is 0 Å². The molecule has 0 N–H and O–H groups in total. The summed E-state index contributed by atoms with van der Waals surface area (Å²) < 4.78 is 5.48. The molecule has 1 aromatic carbocycles. The Morgan fingerprint density at radius 2 is 1.43 bits per heavy atom. The Morgan fingerprint density at radius 3 is 2.00 bits per heavy atom. The van der Waals surface area contributed by atoms with Gasteiger partial charge in [0, 0.05) is 11.6 Å². The van der Waals surface area contributed by atoms with Gasteiger partial charge in [0.25, 0.3) is 0 Å². The first-order chi connectivity index (χ1) is 6.75. The van der Waals surface area contributed by atoms with Gasteiger partial charge in [-0.25, -0.2) is 4.42 Å². The SMILES string of the molecule is Cc1ccc(-c2ccc(C)c[o+]2)cc1. The lowest BCUT2D eigenvalue weighted by atomic mass is 10.1. The summed E-state index contributed by atoms with van der Waals surface area (Å²) in [6.45, 7) is 4.10. The third-order valence-corrected chi connectivity index (χ3v) is 2.21. The topological polar surface area (TPSA) is 11.3 Å². The van der Waals surface area contributed by atoms with Crippen LogP contribution in [0.2, 0.25) is 0 Å². The van der Waals surface area contributed by atoms with Gasteiger partial charge in [-0.2, -0.15) is 0 Å². The standard InChI is InChI=1S/C13H13O/c1-10-3-6-12(7-4-10)13-8-5-11(2)9-14-13/h3-9H,1-2H3/q+1. The molecule has 1 aromatic heterocycles. The highest BCUT2D eigenvalue weighted by molar-refractivity contribution is 5.57. The van der Waals surface area contributed by atoms with Crippen LogP contribution >= 0.6 is 0 Å². The van der Waals surface area contributed by atoms with E-state index in [9.17, 15) is 0 Å². The highest BCUT2D eigenvalue weighted by atomic mass is 16.3. The first-order valence-corrected chi connectivity index (χ1v) is 4.71. The van der Waals surface area contributed by atoms with E-state index in [1.165, 1.54) is 5.56 Å². The number of aryl methyl sites for hydroxylation is 2. The molecule has 2 rings (SSSR count). The third kappa shape index (κ3) is 1.82. The van der Waals surface area contributed by atoms with Crippen LogP contribution in [0.15, 0.2) is 47.1 Å². The smallest absolute Gasteiger partial charge is 0.215 e. The normalized spacial score (nSPS) is 10.1. The van der Waals surface area contributed by atoms with Crippen molar-refractivity contribution in [2.45, 2.75) is 13.8 Å². The van der Waals surface area contributed by atoms with Gasteiger partial charge >= 0.3 is 12.0 Å². The fourth-order valence-corrected chi connectivity index (χ4v) is 1.32. The van der Waals surface area contributed by atoms with Crippen molar-refractivity contribution in [1.82, 2.24) is 0 Å². The fourth-order valence-electron chi connectivity index (χ4n) is 1.32. The number of hydrogen-bond donors (Lipinski definition) is 0. The summed E-state index contributed by atoms with van der Waals surface area (Å²) in [6.07, 6.45) is 1.77. The molecule has 1 heterocycles. The highest BCUT2D eigenvalue weighted by Gasteiger charge is 2.09. The minimum Gasteiger partial charge on any atom is -0.215 e. The molecule has 0 aliphatic rings. The Labute approximate surface area is 84.0 Å². The Balaban J connectivity index is 2.40. The molecule has 0 aliphatic heterocycles. The molecular weight excluding hydrogens is 172 g/mol. The fraction of sp³-hybridized carbons (Fsp3) is 0.154. The van der Waals surface area contributed by atoms with Crippen molar-refractivity contribution in [2.75, 3.05) is 0 Å². The van der Waals surface area contributed by atoms with Gasteiger partial charge in [-0.05, 0) is 32.0 Å². The lowest BCUT2D eigenvalue weighted by Crippen LogP contribution is -1.78. The predicted molar refractivity (Wildman–Crippen MR) is 58.0 cm³/mol. The summed E-state index contributed by atoms with van der Waals surface area (Å²) in [7, 11) is 0. The highest BCUT2D eigenvalue weighted by Crippen LogP contribution is 2.19. The molecule has 2 aromatic rings. The lowest BCUT2D eigenvalue weighted by Gasteiger charge is -1.93. The first kappa shape index (κ1) is 8.95. The number of rotatable bonds is 1. The summed E-state index contributed by atoms with van der Waals surface area (Å²) in [6, 6.07) is 12.4. The van der Waals surface area contributed by atoms with Crippen LogP contribution in [0.1, 0.15) is 11.1 Å². The molecule has 14 heavy (non-hydrogen) atoms. The van der Waals surface area contributed by atoms with Gasteiger partial charge in [-0.1, -0.05) is 17.7 Å². The van der Waals surface area contributed by atoms with E-state index in [1.54, 1.807) is 6.26 Å². The molecule has 0 radical (unpaired) electrons. The van der Waals surface area contributed by atoms with E-state index in [1.807, 2.05) is 13.0 Å². The maximum absolute atomic E-state index is 5.48. The number of hydrogen-bond acceptors (Lipinski definition) is 0. The molecule has 0 fully saturated rings. The zero-order valence-electron chi connectivity index (χ0n) is 8.45. The minimum atomic E-state index is 0.913. The second kappa shape index (κ2) is 3.62. The number of benzene rings is 1. The van der Waals surface area contributed by atoms with Crippen molar-refractivity contribution in [3.63, 3.8) is 0 Å². The molecule has 70 valence electrons. The summed E-state index contributed by atoms with van der Waals surface area (Å²) in [5, 5.41) is 0. The Morgan fingerprint density at radius 1 is 0.786 bits per heavy atom. The Bertz CT molecular complexity index is 368. The van der Waals surface area contributed by atoms with Crippen molar-refractivity contribution in [2.24, 2.45) is 0 Å². The van der Waals surface area contributed by atoms with E-state index in [0.29, 0.717) is 0 Å². The van der Waals surface area contributed by atoms with Gasteiger partial charge in [-0.3, -0.25) is 0 Å². The Hall–Kier alpha value is -1.63. The summed E-state index contributed by atoms with van der Waals surface area (Å²) >= 11 is 0. The molecule has 0 amide bonds. The van der Waals surface area contributed by atoms with Crippen LogP contribution in [-0.2, 0) is 0 Å². The van der Waals surface area contributed by atoms with Crippen molar-refractivity contribution in [3.8, 4) is 11.3 Å². The van der Waals surface area contributed by atoms with Crippen LogP contribution in [0.4, 0.5) is 0 Å². The largest absolute Gasteiger partial charge is 0.359 e. The maximum Gasteiger partial charge on any atom is 0.359 e. The molecule has 0 spiro atoms. The van der Waals surface area contributed by atoms with Gasteiger partial charge in [0.2, 0.25) is 0 Å². The first-order valence-electron chi connectivity index (χ1n) is 4.71. The zero-order valence-corrected chi connectivity index (χ0v) is 8.45. The van der Waals surface area contributed by atoms with E-state index in [4.69, 9.17) is 4.42 Å². The van der Waals surface area contributed by atoms with Crippen molar-refractivity contribution in [1.29, 1.82) is 0 Å². The monoisotopic (exact) mass is 185 g/mol. The molecule has 0 atom stereocenters. The minimum absolute atomic E-state index is 0.913. The lowest BCUT2D eigenvalue weighted by molar-refractivity contribution is 0.561. The van der Waals surface area contributed by atoms with E-state index in [0.717, 1.165) is 16.9 Å². The van der Waals surface area contributed by atoms with Gasteiger partial charge in [0.1, 0.15) is 0 Å². The van der Waals surface area contributed by atoms with Crippen LogP contribution in [0.3, 0.4) is 0 Å². The predicted octanol–water partition coefficient (Wildman–Crippen LogP) is 3.84. The van der Waals surface area contributed by atoms with E-state index < -0.39 is 0 Å². The molecule has 0 aliphatic carbocycles. The summed E-state index contributed by atoms with van der Waals surface area (Å²) in [4.78, 5) is 0. The van der Waals surface area contributed by atoms with Gasteiger partial charge in [-0.15, -0.1) is 0 Å². The summed E-state index contributed by atoms with van der Waals surface area (Å²) in [5.74, 6) is 0.913. The molecular formula is C13H13O+. The average Bonchev–Trinajstić information content (AvgIpc) is 2.21. The van der Waals surface area contributed by atoms with Crippen LogP contribution in [0.25, 0.3) is 11.3 Å². The van der Waals surface area contributed by atoms with Crippen LogP contribution < -0.4 is 0 Å². The third-order valence-electron chi connectivity index (χ3n) is 2.21. The average molecular weight is 185 g/mol. The van der Waals surface area contributed by atoms with Crippen molar-refractivity contribution in [3.05, 3.63) is 53.8 Å². The second-order valence-electron chi connectivity index (χ2n) is 3.54.